The van der Waals surface area contributed by atoms with Crippen LogP contribution in [0.25, 0.3) is 0 Å². The highest BCUT2D eigenvalue weighted by molar-refractivity contribution is 9.10. The van der Waals surface area contributed by atoms with Crippen molar-refractivity contribution in [3.05, 3.63) is 57.7 Å². The predicted octanol–water partition coefficient (Wildman–Crippen LogP) is 4.43. The van der Waals surface area contributed by atoms with Crippen molar-refractivity contribution in [3.63, 3.8) is 0 Å². The van der Waals surface area contributed by atoms with Gasteiger partial charge in [0.15, 0.2) is 10.5 Å². The SMILES string of the molecule is O=C(c1ccc(C(F)(F)F)c(F)c1)c1ccoc1Br. The number of ketones is 1. The first-order valence-electron chi connectivity index (χ1n) is 4.95. The van der Waals surface area contributed by atoms with Crippen LogP contribution in [0.4, 0.5) is 17.6 Å². The number of rotatable bonds is 2. The van der Waals surface area contributed by atoms with Gasteiger partial charge in [0, 0.05) is 5.56 Å². The average Bonchev–Trinajstić information content (AvgIpc) is 2.72. The fraction of sp³-hybridized carbons (Fsp3) is 0.0833. The number of alkyl halides is 3. The third-order valence-corrected chi connectivity index (χ3v) is 3.01. The summed E-state index contributed by atoms with van der Waals surface area (Å²) in [6.07, 6.45) is -3.56. The Balaban J connectivity index is 2.41. The van der Waals surface area contributed by atoms with Crippen molar-refractivity contribution in [2.24, 2.45) is 0 Å². The molecule has 7 heteroatoms. The predicted molar refractivity (Wildman–Crippen MR) is 61.2 cm³/mol. The van der Waals surface area contributed by atoms with Crippen molar-refractivity contribution in [1.29, 1.82) is 0 Å². The first-order valence-corrected chi connectivity index (χ1v) is 5.74. The van der Waals surface area contributed by atoms with Crippen LogP contribution in [0.5, 0.6) is 0 Å². The summed E-state index contributed by atoms with van der Waals surface area (Å²) in [5.74, 6) is -2.12. The van der Waals surface area contributed by atoms with Gasteiger partial charge in [0.2, 0.25) is 0 Å². The molecule has 0 N–H and O–H groups in total. The normalized spacial score (nSPS) is 11.6. The molecular formula is C12H5BrF4O2. The lowest BCUT2D eigenvalue weighted by atomic mass is 10.0. The summed E-state index contributed by atoms with van der Waals surface area (Å²) in [4.78, 5) is 11.9. The van der Waals surface area contributed by atoms with E-state index in [4.69, 9.17) is 4.42 Å². The van der Waals surface area contributed by atoms with Crippen molar-refractivity contribution in [3.8, 4) is 0 Å². The van der Waals surface area contributed by atoms with E-state index in [-0.39, 0.29) is 15.8 Å². The zero-order chi connectivity index (χ0) is 14.2. The lowest BCUT2D eigenvalue weighted by molar-refractivity contribution is -0.140. The Labute approximate surface area is 113 Å². The Morgan fingerprint density at radius 3 is 2.37 bits per heavy atom. The first kappa shape index (κ1) is 13.8. The maximum atomic E-state index is 13.3. The molecule has 100 valence electrons. The summed E-state index contributed by atoms with van der Waals surface area (Å²) >= 11 is 2.97. The van der Waals surface area contributed by atoms with Gasteiger partial charge in [0.05, 0.1) is 17.4 Å². The van der Waals surface area contributed by atoms with E-state index in [1.54, 1.807) is 0 Å². The number of benzene rings is 1. The van der Waals surface area contributed by atoms with Gasteiger partial charge in [-0.05, 0) is 34.1 Å². The zero-order valence-electron chi connectivity index (χ0n) is 9.09. The van der Waals surface area contributed by atoms with Crippen molar-refractivity contribution in [2.75, 3.05) is 0 Å². The lowest BCUT2D eigenvalue weighted by Gasteiger charge is -2.08. The van der Waals surface area contributed by atoms with E-state index < -0.39 is 23.3 Å². The van der Waals surface area contributed by atoms with Gasteiger partial charge in [-0.1, -0.05) is 6.07 Å². The van der Waals surface area contributed by atoms with Crippen LogP contribution in [0.2, 0.25) is 0 Å². The molecule has 1 aromatic heterocycles. The Kier molecular flexibility index (Phi) is 3.49. The van der Waals surface area contributed by atoms with E-state index in [1.165, 1.54) is 12.3 Å². The second kappa shape index (κ2) is 4.80. The molecule has 0 radical (unpaired) electrons. The topological polar surface area (TPSA) is 30.2 Å². The van der Waals surface area contributed by atoms with Gasteiger partial charge in [-0.3, -0.25) is 4.79 Å². The number of halogens is 5. The van der Waals surface area contributed by atoms with Gasteiger partial charge < -0.3 is 4.42 Å². The van der Waals surface area contributed by atoms with Crippen LogP contribution in [-0.2, 0) is 6.18 Å². The molecule has 0 aliphatic carbocycles. The van der Waals surface area contributed by atoms with Crippen LogP contribution in [-0.4, -0.2) is 5.78 Å². The van der Waals surface area contributed by atoms with E-state index in [9.17, 15) is 22.4 Å². The van der Waals surface area contributed by atoms with Gasteiger partial charge >= 0.3 is 6.18 Å². The van der Waals surface area contributed by atoms with Crippen LogP contribution in [0.15, 0.2) is 39.6 Å². The molecule has 2 nitrogen and oxygen atoms in total. The summed E-state index contributed by atoms with van der Waals surface area (Å²) in [5.41, 5.74) is -1.48. The highest BCUT2D eigenvalue weighted by Crippen LogP contribution is 2.32. The van der Waals surface area contributed by atoms with Gasteiger partial charge in [0.1, 0.15) is 5.82 Å². The minimum Gasteiger partial charge on any atom is -0.457 e. The van der Waals surface area contributed by atoms with Crippen molar-refractivity contribution >= 4 is 21.7 Å². The molecule has 2 aromatic rings. The summed E-state index contributed by atoms with van der Waals surface area (Å²) in [6, 6.07) is 3.36. The number of carbonyl (C=O) groups excluding carboxylic acids is 1. The van der Waals surface area contributed by atoms with Gasteiger partial charge in [0.25, 0.3) is 0 Å². The summed E-state index contributed by atoms with van der Waals surface area (Å²) in [6.45, 7) is 0. The molecular weight excluding hydrogens is 332 g/mol. The monoisotopic (exact) mass is 336 g/mol. The van der Waals surface area contributed by atoms with Crippen LogP contribution in [0.1, 0.15) is 21.5 Å². The van der Waals surface area contributed by atoms with Crippen LogP contribution in [0.3, 0.4) is 0 Å². The summed E-state index contributed by atoms with van der Waals surface area (Å²) < 4.78 is 55.4. The quantitative estimate of drug-likeness (QED) is 0.599. The molecule has 0 amide bonds. The highest BCUT2D eigenvalue weighted by Gasteiger charge is 2.34. The molecule has 0 aliphatic rings. The van der Waals surface area contributed by atoms with Crippen LogP contribution in [0, 0.1) is 5.82 Å². The zero-order valence-corrected chi connectivity index (χ0v) is 10.7. The van der Waals surface area contributed by atoms with Gasteiger partial charge in [-0.15, -0.1) is 0 Å². The minimum atomic E-state index is -4.79. The van der Waals surface area contributed by atoms with Crippen LogP contribution < -0.4 is 0 Å². The fourth-order valence-electron chi connectivity index (χ4n) is 1.50. The van der Waals surface area contributed by atoms with Crippen LogP contribution >= 0.6 is 15.9 Å². The Morgan fingerprint density at radius 2 is 1.89 bits per heavy atom. The molecule has 0 aliphatic heterocycles. The van der Waals surface area contributed by atoms with E-state index in [1.807, 2.05) is 0 Å². The molecule has 0 unspecified atom stereocenters. The molecule has 0 saturated carbocycles. The molecule has 1 heterocycles. The Hall–Kier alpha value is -1.63. The standard InChI is InChI=1S/C12H5BrF4O2/c13-11-7(3-4-19-11)10(18)6-1-2-8(9(14)5-6)12(15,16)17/h1-5H. The maximum Gasteiger partial charge on any atom is 0.419 e. The maximum absolute atomic E-state index is 13.3. The third kappa shape index (κ3) is 2.70. The molecule has 2 rings (SSSR count). The molecule has 0 bridgehead atoms. The van der Waals surface area contributed by atoms with E-state index in [0.29, 0.717) is 12.1 Å². The number of hydrogen-bond acceptors (Lipinski definition) is 2. The van der Waals surface area contributed by atoms with E-state index >= 15 is 0 Å². The highest BCUT2D eigenvalue weighted by atomic mass is 79.9. The number of carbonyl (C=O) groups is 1. The van der Waals surface area contributed by atoms with Crippen molar-refractivity contribution < 1.29 is 26.8 Å². The van der Waals surface area contributed by atoms with Crippen molar-refractivity contribution in [2.45, 2.75) is 6.18 Å². The number of furan rings is 1. The Bertz CT molecular complexity index is 631. The summed E-state index contributed by atoms with van der Waals surface area (Å²) in [7, 11) is 0. The molecule has 0 saturated heterocycles. The first-order chi connectivity index (χ1) is 8.80. The van der Waals surface area contributed by atoms with E-state index in [2.05, 4.69) is 15.9 Å². The van der Waals surface area contributed by atoms with Crippen molar-refractivity contribution in [1.82, 2.24) is 0 Å². The molecule has 0 atom stereocenters. The molecule has 19 heavy (non-hydrogen) atoms. The molecule has 0 fully saturated rings. The second-order valence-corrected chi connectivity index (χ2v) is 4.35. The molecule has 1 aromatic carbocycles. The fourth-order valence-corrected chi connectivity index (χ4v) is 1.92. The molecule has 0 spiro atoms. The Morgan fingerprint density at radius 1 is 1.21 bits per heavy atom. The minimum absolute atomic E-state index is 0.110. The second-order valence-electron chi connectivity index (χ2n) is 3.63. The summed E-state index contributed by atoms with van der Waals surface area (Å²) in [5, 5.41) is 0. The smallest absolute Gasteiger partial charge is 0.419 e. The van der Waals surface area contributed by atoms with E-state index in [0.717, 1.165) is 6.07 Å². The van der Waals surface area contributed by atoms with Gasteiger partial charge in [-0.25, -0.2) is 4.39 Å². The average molecular weight is 337 g/mol. The van der Waals surface area contributed by atoms with Gasteiger partial charge in [-0.2, -0.15) is 13.2 Å². The lowest BCUT2D eigenvalue weighted by Crippen LogP contribution is -2.10. The third-order valence-electron chi connectivity index (χ3n) is 2.40. The number of hydrogen-bond donors (Lipinski definition) is 0. The largest absolute Gasteiger partial charge is 0.457 e.